The molecule has 1 aromatic carbocycles. The van der Waals surface area contributed by atoms with Gasteiger partial charge in [-0.3, -0.25) is 0 Å². The van der Waals surface area contributed by atoms with Crippen LogP contribution in [0, 0.1) is 0 Å². The van der Waals surface area contributed by atoms with E-state index < -0.39 is 0 Å². The molecule has 0 atom stereocenters. The van der Waals surface area contributed by atoms with E-state index in [2.05, 4.69) is 10.6 Å². The Morgan fingerprint density at radius 3 is 2.58 bits per heavy atom. The molecule has 2 rings (SSSR count). The lowest BCUT2D eigenvalue weighted by atomic mass is 10.1. The molecule has 0 aliphatic carbocycles. The van der Waals surface area contributed by atoms with Gasteiger partial charge in [0.2, 0.25) is 0 Å². The lowest BCUT2D eigenvalue weighted by molar-refractivity contribution is 0.171. The van der Waals surface area contributed by atoms with E-state index in [1.54, 1.807) is 0 Å². The molecule has 5 heteroatoms. The highest BCUT2D eigenvalue weighted by Gasteiger charge is 2.14. The highest BCUT2D eigenvalue weighted by Crippen LogP contribution is 2.30. The Balaban J connectivity index is 1.91. The first kappa shape index (κ1) is 13.5. The SMILES string of the molecule is CC(C)(C)NC(=O)NCc1ccc2c(c1)OCCO2. The zero-order valence-electron chi connectivity index (χ0n) is 11.6. The first-order chi connectivity index (χ1) is 8.94. The molecule has 0 radical (unpaired) electrons. The van der Waals surface area contributed by atoms with Gasteiger partial charge in [0.05, 0.1) is 0 Å². The molecule has 1 aliphatic heterocycles. The summed E-state index contributed by atoms with van der Waals surface area (Å²) < 4.78 is 10.9. The van der Waals surface area contributed by atoms with Crippen molar-refractivity contribution in [3.8, 4) is 11.5 Å². The minimum Gasteiger partial charge on any atom is -0.486 e. The van der Waals surface area contributed by atoms with Gasteiger partial charge in [-0.25, -0.2) is 4.79 Å². The topological polar surface area (TPSA) is 59.6 Å². The van der Waals surface area contributed by atoms with E-state index in [4.69, 9.17) is 9.47 Å². The summed E-state index contributed by atoms with van der Waals surface area (Å²) in [5.74, 6) is 1.50. The second-order valence-corrected chi connectivity index (χ2v) is 5.54. The molecule has 104 valence electrons. The Bertz CT molecular complexity index is 466. The third-order valence-electron chi connectivity index (χ3n) is 2.55. The number of hydrogen-bond donors (Lipinski definition) is 2. The van der Waals surface area contributed by atoms with E-state index in [1.807, 2.05) is 39.0 Å². The number of rotatable bonds is 2. The van der Waals surface area contributed by atoms with Crippen LogP contribution in [0.5, 0.6) is 11.5 Å². The molecule has 0 saturated heterocycles. The van der Waals surface area contributed by atoms with Crippen LogP contribution < -0.4 is 20.1 Å². The van der Waals surface area contributed by atoms with Crippen LogP contribution in [0.15, 0.2) is 18.2 Å². The van der Waals surface area contributed by atoms with Crippen molar-refractivity contribution >= 4 is 6.03 Å². The fourth-order valence-corrected chi connectivity index (χ4v) is 1.76. The number of amides is 2. The number of benzene rings is 1. The summed E-state index contributed by atoms with van der Waals surface area (Å²) >= 11 is 0. The molecular weight excluding hydrogens is 244 g/mol. The number of carbonyl (C=O) groups excluding carboxylic acids is 1. The number of carbonyl (C=O) groups is 1. The zero-order chi connectivity index (χ0) is 13.9. The Hall–Kier alpha value is -1.91. The van der Waals surface area contributed by atoms with Crippen molar-refractivity contribution in [2.75, 3.05) is 13.2 Å². The Morgan fingerprint density at radius 1 is 1.21 bits per heavy atom. The summed E-state index contributed by atoms with van der Waals surface area (Å²) in [4.78, 5) is 11.6. The van der Waals surface area contributed by atoms with E-state index in [9.17, 15) is 4.79 Å². The fourth-order valence-electron chi connectivity index (χ4n) is 1.76. The molecule has 0 bridgehead atoms. The average Bonchev–Trinajstić information content (AvgIpc) is 2.34. The summed E-state index contributed by atoms with van der Waals surface area (Å²) in [6.07, 6.45) is 0. The van der Waals surface area contributed by atoms with Gasteiger partial charge in [-0.2, -0.15) is 0 Å². The minimum absolute atomic E-state index is 0.178. The third kappa shape index (κ3) is 4.05. The van der Waals surface area contributed by atoms with Gasteiger partial charge in [0.15, 0.2) is 11.5 Å². The number of hydrogen-bond acceptors (Lipinski definition) is 3. The lowest BCUT2D eigenvalue weighted by Crippen LogP contribution is -2.46. The molecule has 5 nitrogen and oxygen atoms in total. The quantitative estimate of drug-likeness (QED) is 0.859. The Labute approximate surface area is 113 Å². The second kappa shape index (κ2) is 5.38. The van der Waals surface area contributed by atoms with Gasteiger partial charge in [0.25, 0.3) is 0 Å². The third-order valence-corrected chi connectivity index (χ3v) is 2.55. The fraction of sp³-hybridized carbons (Fsp3) is 0.500. The van der Waals surface area contributed by atoms with Crippen molar-refractivity contribution in [2.24, 2.45) is 0 Å². The highest BCUT2D eigenvalue weighted by atomic mass is 16.6. The average molecular weight is 264 g/mol. The zero-order valence-corrected chi connectivity index (χ0v) is 11.6. The van der Waals surface area contributed by atoms with Crippen molar-refractivity contribution in [1.82, 2.24) is 10.6 Å². The standard InChI is InChI=1S/C14H20N2O3/c1-14(2,3)16-13(17)15-9-10-4-5-11-12(8-10)19-7-6-18-11/h4-5,8H,6-7,9H2,1-3H3,(H2,15,16,17). The van der Waals surface area contributed by atoms with Gasteiger partial charge in [-0.05, 0) is 38.5 Å². The van der Waals surface area contributed by atoms with Crippen molar-refractivity contribution in [3.63, 3.8) is 0 Å². The number of fused-ring (bicyclic) bond motifs is 1. The van der Waals surface area contributed by atoms with Crippen LogP contribution in [-0.2, 0) is 6.54 Å². The maximum absolute atomic E-state index is 11.6. The van der Waals surface area contributed by atoms with Crippen molar-refractivity contribution in [3.05, 3.63) is 23.8 Å². The van der Waals surface area contributed by atoms with Crippen molar-refractivity contribution in [1.29, 1.82) is 0 Å². The molecule has 1 heterocycles. The Morgan fingerprint density at radius 2 is 1.89 bits per heavy atom. The van der Waals surface area contributed by atoms with E-state index in [0.717, 1.165) is 17.1 Å². The monoisotopic (exact) mass is 264 g/mol. The summed E-state index contributed by atoms with van der Waals surface area (Å²) in [6, 6.07) is 5.51. The van der Waals surface area contributed by atoms with Crippen LogP contribution in [0.25, 0.3) is 0 Å². The van der Waals surface area contributed by atoms with Crippen LogP contribution in [0.3, 0.4) is 0 Å². The maximum atomic E-state index is 11.6. The van der Waals surface area contributed by atoms with E-state index >= 15 is 0 Å². The molecule has 0 fully saturated rings. The second-order valence-electron chi connectivity index (χ2n) is 5.54. The van der Waals surface area contributed by atoms with Gasteiger partial charge < -0.3 is 20.1 Å². The normalized spacial score (nSPS) is 13.8. The molecule has 2 N–H and O–H groups in total. The summed E-state index contributed by atoms with van der Waals surface area (Å²) in [6.45, 7) is 7.43. The number of ether oxygens (including phenoxy) is 2. The van der Waals surface area contributed by atoms with Crippen LogP contribution in [0.1, 0.15) is 26.3 Å². The minimum atomic E-state index is -0.239. The summed E-state index contributed by atoms with van der Waals surface area (Å²) in [7, 11) is 0. The smallest absolute Gasteiger partial charge is 0.315 e. The summed E-state index contributed by atoms with van der Waals surface area (Å²) in [5, 5.41) is 5.66. The molecular formula is C14H20N2O3. The summed E-state index contributed by atoms with van der Waals surface area (Å²) in [5.41, 5.74) is 0.741. The molecule has 0 spiro atoms. The van der Waals surface area contributed by atoms with Crippen LogP contribution >= 0.6 is 0 Å². The predicted molar refractivity (Wildman–Crippen MR) is 72.6 cm³/mol. The van der Waals surface area contributed by atoms with Gasteiger partial charge in [0.1, 0.15) is 13.2 Å². The van der Waals surface area contributed by atoms with E-state index in [0.29, 0.717) is 19.8 Å². The van der Waals surface area contributed by atoms with Gasteiger partial charge in [0, 0.05) is 12.1 Å². The first-order valence-electron chi connectivity index (χ1n) is 6.38. The first-order valence-corrected chi connectivity index (χ1v) is 6.38. The van der Waals surface area contributed by atoms with Crippen LogP contribution in [0.2, 0.25) is 0 Å². The molecule has 0 saturated carbocycles. The number of urea groups is 1. The van der Waals surface area contributed by atoms with Gasteiger partial charge in [-0.15, -0.1) is 0 Å². The highest BCUT2D eigenvalue weighted by molar-refractivity contribution is 5.74. The number of nitrogens with one attached hydrogen (secondary N) is 2. The van der Waals surface area contributed by atoms with E-state index in [1.165, 1.54) is 0 Å². The molecule has 1 aromatic rings. The Kier molecular flexibility index (Phi) is 3.83. The van der Waals surface area contributed by atoms with Crippen molar-refractivity contribution in [2.45, 2.75) is 32.9 Å². The van der Waals surface area contributed by atoms with Crippen LogP contribution in [-0.4, -0.2) is 24.8 Å². The largest absolute Gasteiger partial charge is 0.486 e. The predicted octanol–water partition coefficient (Wildman–Crippen LogP) is 2.06. The van der Waals surface area contributed by atoms with E-state index in [-0.39, 0.29) is 11.6 Å². The lowest BCUT2D eigenvalue weighted by Gasteiger charge is -2.21. The molecule has 2 amide bonds. The molecule has 1 aliphatic rings. The molecule has 0 unspecified atom stereocenters. The molecule has 19 heavy (non-hydrogen) atoms. The van der Waals surface area contributed by atoms with Crippen molar-refractivity contribution < 1.29 is 14.3 Å². The molecule has 0 aromatic heterocycles. The maximum Gasteiger partial charge on any atom is 0.315 e. The van der Waals surface area contributed by atoms with Gasteiger partial charge >= 0.3 is 6.03 Å². The van der Waals surface area contributed by atoms with Crippen LogP contribution in [0.4, 0.5) is 4.79 Å². The van der Waals surface area contributed by atoms with Gasteiger partial charge in [-0.1, -0.05) is 6.07 Å².